The number of halogens is 2. The Bertz CT molecular complexity index is 1010. The molecule has 2 fully saturated rings. The summed E-state index contributed by atoms with van der Waals surface area (Å²) in [5.74, 6) is 0.475. The van der Waals surface area contributed by atoms with Gasteiger partial charge in [-0.2, -0.15) is 0 Å². The Hall–Kier alpha value is -2.71. The van der Waals surface area contributed by atoms with Crippen LogP contribution in [0.5, 0.6) is 11.5 Å². The minimum Gasteiger partial charge on any atom is -0.454 e. The molecule has 2 aromatic carbocycles. The van der Waals surface area contributed by atoms with Gasteiger partial charge in [-0.3, -0.25) is 14.6 Å². The maximum absolute atomic E-state index is 14.1. The number of hydrogen-bond donors (Lipinski definition) is 0. The normalized spacial score (nSPS) is 21.9. The standard InChI is InChI=1S/C25H29F2N3O3/c26-20-3-2-19(22(27)14-20)16-30-8-7-21(4-6-25(30)31)29-11-9-28(10-12-29)15-18-1-5-23-24(13-18)33-17-32-23/h1-3,5,13-14,21H,4,6-12,15-17H2. The van der Waals surface area contributed by atoms with Gasteiger partial charge in [-0.25, -0.2) is 8.78 Å². The fraction of sp³-hybridized carbons (Fsp3) is 0.480. The molecule has 5 rings (SSSR count). The maximum Gasteiger partial charge on any atom is 0.231 e. The van der Waals surface area contributed by atoms with Crippen molar-refractivity contribution >= 4 is 5.91 Å². The van der Waals surface area contributed by atoms with Crippen LogP contribution in [-0.4, -0.2) is 66.2 Å². The number of rotatable bonds is 5. The molecule has 2 aromatic rings. The Balaban J connectivity index is 1.12. The molecule has 1 amide bonds. The fourth-order valence-electron chi connectivity index (χ4n) is 4.99. The van der Waals surface area contributed by atoms with Crippen LogP contribution in [0.1, 0.15) is 30.4 Å². The summed E-state index contributed by atoms with van der Waals surface area (Å²) < 4.78 is 38.1. The van der Waals surface area contributed by atoms with E-state index in [0.29, 0.717) is 24.6 Å². The molecule has 0 radical (unpaired) electrons. The van der Waals surface area contributed by atoms with Gasteiger partial charge in [0.1, 0.15) is 11.6 Å². The van der Waals surface area contributed by atoms with Crippen molar-refractivity contribution in [3.63, 3.8) is 0 Å². The van der Waals surface area contributed by atoms with Crippen LogP contribution in [0, 0.1) is 11.6 Å². The molecular formula is C25H29F2N3O3. The topological polar surface area (TPSA) is 45.3 Å². The van der Waals surface area contributed by atoms with Crippen LogP contribution in [0.2, 0.25) is 0 Å². The number of benzene rings is 2. The highest BCUT2D eigenvalue weighted by atomic mass is 19.1. The summed E-state index contributed by atoms with van der Waals surface area (Å²) in [6, 6.07) is 10.0. The molecule has 0 spiro atoms. The molecule has 0 N–H and O–H groups in total. The number of ether oxygens (including phenoxy) is 2. The van der Waals surface area contributed by atoms with Crippen LogP contribution in [0.15, 0.2) is 36.4 Å². The third-order valence-electron chi connectivity index (χ3n) is 6.92. The van der Waals surface area contributed by atoms with E-state index in [1.807, 2.05) is 6.07 Å². The van der Waals surface area contributed by atoms with Gasteiger partial charge in [0, 0.05) is 69.9 Å². The highest BCUT2D eigenvalue weighted by Crippen LogP contribution is 2.33. The fourth-order valence-corrected chi connectivity index (χ4v) is 4.99. The molecule has 0 bridgehead atoms. The monoisotopic (exact) mass is 457 g/mol. The number of carbonyl (C=O) groups is 1. The number of carbonyl (C=O) groups excluding carboxylic acids is 1. The highest BCUT2D eigenvalue weighted by Gasteiger charge is 2.29. The molecule has 3 aliphatic rings. The summed E-state index contributed by atoms with van der Waals surface area (Å²) in [5.41, 5.74) is 1.58. The van der Waals surface area contributed by atoms with Gasteiger partial charge in [-0.05, 0) is 36.6 Å². The Morgan fingerprint density at radius 1 is 0.879 bits per heavy atom. The third-order valence-corrected chi connectivity index (χ3v) is 6.92. The molecule has 0 aliphatic carbocycles. The smallest absolute Gasteiger partial charge is 0.231 e. The number of piperazine rings is 1. The van der Waals surface area contributed by atoms with E-state index in [1.165, 1.54) is 17.7 Å². The number of likely N-dealkylation sites (tertiary alicyclic amines) is 1. The minimum atomic E-state index is -0.601. The summed E-state index contributed by atoms with van der Waals surface area (Å²) in [4.78, 5) is 19.3. The van der Waals surface area contributed by atoms with Crippen LogP contribution >= 0.6 is 0 Å². The summed E-state index contributed by atoms with van der Waals surface area (Å²) in [6.07, 6.45) is 2.16. The van der Waals surface area contributed by atoms with E-state index in [2.05, 4.69) is 21.9 Å². The third kappa shape index (κ3) is 5.12. The van der Waals surface area contributed by atoms with Gasteiger partial charge in [0.25, 0.3) is 0 Å². The van der Waals surface area contributed by atoms with Gasteiger partial charge < -0.3 is 14.4 Å². The maximum atomic E-state index is 14.1. The average molecular weight is 458 g/mol. The predicted molar refractivity (Wildman–Crippen MR) is 119 cm³/mol. The molecule has 1 unspecified atom stereocenters. The van der Waals surface area contributed by atoms with Crippen molar-refractivity contribution in [1.29, 1.82) is 0 Å². The van der Waals surface area contributed by atoms with Crippen LogP contribution < -0.4 is 9.47 Å². The molecule has 33 heavy (non-hydrogen) atoms. The van der Waals surface area contributed by atoms with Crippen molar-refractivity contribution in [3.05, 3.63) is 59.2 Å². The zero-order valence-corrected chi connectivity index (χ0v) is 18.6. The van der Waals surface area contributed by atoms with E-state index in [4.69, 9.17) is 9.47 Å². The lowest BCUT2D eigenvalue weighted by Gasteiger charge is -2.39. The Labute approximate surface area is 192 Å². The first kappa shape index (κ1) is 22.1. The number of fused-ring (bicyclic) bond motifs is 1. The Morgan fingerprint density at radius 3 is 2.52 bits per heavy atom. The Kier molecular flexibility index (Phi) is 6.46. The van der Waals surface area contributed by atoms with Crippen molar-refractivity contribution in [3.8, 4) is 11.5 Å². The van der Waals surface area contributed by atoms with Gasteiger partial charge in [0.2, 0.25) is 12.7 Å². The van der Waals surface area contributed by atoms with Crippen LogP contribution in [-0.2, 0) is 17.9 Å². The van der Waals surface area contributed by atoms with E-state index in [1.54, 1.807) is 4.90 Å². The van der Waals surface area contributed by atoms with Gasteiger partial charge in [0.05, 0.1) is 0 Å². The van der Waals surface area contributed by atoms with Gasteiger partial charge in [-0.15, -0.1) is 0 Å². The molecule has 0 aromatic heterocycles. The van der Waals surface area contributed by atoms with Crippen LogP contribution in [0.25, 0.3) is 0 Å². The van der Waals surface area contributed by atoms with Crippen molar-refractivity contribution in [2.24, 2.45) is 0 Å². The van der Waals surface area contributed by atoms with Crippen molar-refractivity contribution in [1.82, 2.24) is 14.7 Å². The first-order chi connectivity index (χ1) is 16.0. The van der Waals surface area contributed by atoms with Gasteiger partial charge in [-0.1, -0.05) is 12.1 Å². The van der Waals surface area contributed by atoms with Crippen LogP contribution in [0.3, 0.4) is 0 Å². The molecule has 3 heterocycles. The van der Waals surface area contributed by atoms with Crippen LogP contribution in [0.4, 0.5) is 8.78 Å². The second-order valence-corrected chi connectivity index (χ2v) is 9.03. The zero-order valence-electron chi connectivity index (χ0n) is 18.6. The van der Waals surface area contributed by atoms with E-state index < -0.39 is 11.6 Å². The second kappa shape index (κ2) is 9.65. The number of amides is 1. The van der Waals surface area contributed by atoms with E-state index in [-0.39, 0.29) is 19.2 Å². The SMILES string of the molecule is O=C1CCC(N2CCN(Cc3ccc4c(c3)OCO4)CC2)CCN1Cc1ccc(F)cc1F. The minimum absolute atomic E-state index is 0.0441. The zero-order chi connectivity index (χ0) is 22.8. The lowest BCUT2D eigenvalue weighted by atomic mass is 10.1. The summed E-state index contributed by atoms with van der Waals surface area (Å²) in [6.45, 7) is 5.85. The van der Waals surface area contributed by atoms with Gasteiger partial charge in [0.15, 0.2) is 11.5 Å². The molecule has 0 saturated carbocycles. The first-order valence-electron chi connectivity index (χ1n) is 11.6. The lowest BCUT2D eigenvalue weighted by Crippen LogP contribution is -2.50. The Morgan fingerprint density at radius 2 is 1.70 bits per heavy atom. The van der Waals surface area contributed by atoms with Crippen molar-refractivity contribution in [2.45, 2.75) is 38.4 Å². The summed E-state index contributed by atoms with van der Waals surface area (Å²) in [7, 11) is 0. The molecule has 2 saturated heterocycles. The number of nitrogens with zero attached hydrogens (tertiary/aromatic N) is 3. The summed E-state index contributed by atoms with van der Waals surface area (Å²) in [5, 5.41) is 0. The van der Waals surface area contributed by atoms with E-state index in [9.17, 15) is 13.6 Å². The molecule has 1 atom stereocenters. The van der Waals surface area contributed by atoms with E-state index in [0.717, 1.165) is 63.1 Å². The predicted octanol–water partition coefficient (Wildman–Crippen LogP) is 3.39. The van der Waals surface area contributed by atoms with E-state index >= 15 is 0 Å². The average Bonchev–Trinajstić information content (AvgIpc) is 3.20. The quantitative estimate of drug-likeness (QED) is 0.689. The summed E-state index contributed by atoms with van der Waals surface area (Å²) >= 11 is 0. The van der Waals surface area contributed by atoms with Gasteiger partial charge >= 0.3 is 0 Å². The molecule has 3 aliphatic heterocycles. The van der Waals surface area contributed by atoms with Crippen molar-refractivity contribution < 1.29 is 23.0 Å². The second-order valence-electron chi connectivity index (χ2n) is 9.03. The van der Waals surface area contributed by atoms with Crippen molar-refractivity contribution in [2.75, 3.05) is 39.5 Å². The first-order valence-corrected chi connectivity index (χ1v) is 11.6. The number of hydrogen-bond acceptors (Lipinski definition) is 5. The lowest BCUT2D eigenvalue weighted by molar-refractivity contribution is -0.131. The largest absolute Gasteiger partial charge is 0.454 e. The molecule has 6 nitrogen and oxygen atoms in total. The molecule has 8 heteroatoms. The highest BCUT2D eigenvalue weighted by molar-refractivity contribution is 5.76. The molecular weight excluding hydrogens is 428 g/mol. The molecule has 176 valence electrons.